The van der Waals surface area contributed by atoms with E-state index in [0.29, 0.717) is 0 Å². The summed E-state index contributed by atoms with van der Waals surface area (Å²) in [7, 11) is 0. The van der Waals surface area contributed by atoms with Crippen molar-refractivity contribution in [2.75, 3.05) is 6.54 Å². The van der Waals surface area contributed by atoms with Gasteiger partial charge in [0.25, 0.3) is 0 Å². The van der Waals surface area contributed by atoms with Gasteiger partial charge in [0.05, 0.1) is 0 Å². The van der Waals surface area contributed by atoms with Gasteiger partial charge in [-0.15, -0.1) is 0 Å². The van der Waals surface area contributed by atoms with E-state index in [4.69, 9.17) is 0 Å². The van der Waals surface area contributed by atoms with Crippen molar-refractivity contribution in [3.05, 3.63) is 0 Å². The minimum Gasteiger partial charge on any atom is -0.314 e. The maximum absolute atomic E-state index is 3.55. The topological polar surface area (TPSA) is 12.0 Å². The summed E-state index contributed by atoms with van der Waals surface area (Å²) >= 11 is 0. The summed E-state index contributed by atoms with van der Waals surface area (Å²) in [6, 6.07) is 0.828. The fraction of sp³-hybridized carbons (Fsp3) is 1.00. The van der Waals surface area contributed by atoms with Gasteiger partial charge >= 0.3 is 0 Å². The molecule has 1 nitrogen and oxygen atoms in total. The van der Waals surface area contributed by atoms with Crippen molar-refractivity contribution in [1.29, 1.82) is 0 Å². The van der Waals surface area contributed by atoms with E-state index >= 15 is 0 Å². The third-order valence-corrected chi connectivity index (χ3v) is 2.39. The van der Waals surface area contributed by atoms with E-state index in [1.807, 2.05) is 0 Å². The fourth-order valence-corrected chi connectivity index (χ4v) is 1.79. The molecule has 0 aromatic carbocycles. The zero-order valence-electron chi connectivity index (χ0n) is 7.19. The minimum absolute atomic E-state index is 0.828. The summed E-state index contributed by atoms with van der Waals surface area (Å²) in [5.74, 6) is 0.956. The first-order valence-electron chi connectivity index (χ1n) is 4.56. The Morgan fingerprint density at radius 2 is 2.30 bits per heavy atom. The Morgan fingerprint density at radius 3 is 2.90 bits per heavy atom. The summed E-state index contributed by atoms with van der Waals surface area (Å²) < 4.78 is 0. The van der Waals surface area contributed by atoms with Crippen LogP contribution in [0.1, 0.15) is 39.5 Å². The average Bonchev–Trinajstić information content (AvgIpc) is 1.88. The van der Waals surface area contributed by atoms with E-state index in [1.54, 1.807) is 0 Å². The van der Waals surface area contributed by atoms with Crippen molar-refractivity contribution in [3.8, 4) is 0 Å². The summed E-state index contributed by atoms with van der Waals surface area (Å²) in [6.07, 6.45) is 5.46. The lowest BCUT2D eigenvalue weighted by Gasteiger charge is -2.27. The number of hydrogen-bond donors (Lipinski definition) is 1. The highest BCUT2D eigenvalue weighted by atomic mass is 14.9. The van der Waals surface area contributed by atoms with Crippen molar-refractivity contribution < 1.29 is 0 Å². The molecule has 10 heavy (non-hydrogen) atoms. The molecule has 1 saturated heterocycles. The molecule has 0 bridgehead atoms. The molecule has 0 aliphatic carbocycles. The van der Waals surface area contributed by atoms with Crippen molar-refractivity contribution in [2.45, 2.75) is 45.6 Å². The van der Waals surface area contributed by atoms with Crippen molar-refractivity contribution in [1.82, 2.24) is 5.32 Å². The Labute approximate surface area is 64.2 Å². The van der Waals surface area contributed by atoms with Gasteiger partial charge in [-0.3, -0.25) is 0 Å². The van der Waals surface area contributed by atoms with Gasteiger partial charge in [-0.25, -0.2) is 0 Å². The highest BCUT2D eigenvalue weighted by molar-refractivity contribution is 4.75. The standard InChI is InChI=1S/C9H19N/c1-3-4-9-7-8(2)5-6-10-9/h8-10H,3-7H2,1-2H3/t8-,9+/m0/s1. The van der Waals surface area contributed by atoms with Crippen LogP contribution in [0, 0.1) is 5.92 Å². The summed E-state index contributed by atoms with van der Waals surface area (Å²) in [6.45, 7) is 5.87. The van der Waals surface area contributed by atoms with E-state index in [-0.39, 0.29) is 0 Å². The molecule has 1 fully saturated rings. The highest BCUT2D eigenvalue weighted by Gasteiger charge is 2.16. The van der Waals surface area contributed by atoms with Crippen LogP contribution in [0.3, 0.4) is 0 Å². The molecule has 0 spiro atoms. The largest absolute Gasteiger partial charge is 0.314 e. The molecule has 0 radical (unpaired) electrons. The average molecular weight is 141 g/mol. The smallest absolute Gasteiger partial charge is 0.00695 e. The SMILES string of the molecule is CCC[C@@H]1C[C@@H](C)CCN1. The van der Waals surface area contributed by atoms with Crippen LogP contribution >= 0.6 is 0 Å². The second kappa shape index (κ2) is 3.97. The Balaban J connectivity index is 2.18. The Bertz CT molecular complexity index is 88.7. The van der Waals surface area contributed by atoms with E-state index in [0.717, 1.165) is 12.0 Å². The number of nitrogens with one attached hydrogen (secondary N) is 1. The molecule has 1 N–H and O–H groups in total. The quantitative estimate of drug-likeness (QED) is 0.621. The maximum atomic E-state index is 3.55. The van der Waals surface area contributed by atoms with Gasteiger partial charge in [-0.1, -0.05) is 20.3 Å². The Hall–Kier alpha value is -0.0400. The number of piperidine rings is 1. The monoisotopic (exact) mass is 141 g/mol. The van der Waals surface area contributed by atoms with Crippen LogP contribution in [0.4, 0.5) is 0 Å². The normalized spacial score (nSPS) is 34.2. The van der Waals surface area contributed by atoms with Gasteiger partial charge in [-0.2, -0.15) is 0 Å². The van der Waals surface area contributed by atoms with Crippen LogP contribution in [0.5, 0.6) is 0 Å². The van der Waals surface area contributed by atoms with Crippen molar-refractivity contribution >= 4 is 0 Å². The van der Waals surface area contributed by atoms with E-state index < -0.39 is 0 Å². The zero-order valence-corrected chi connectivity index (χ0v) is 7.19. The number of hydrogen-bond acceptors (Lipinski definition) is 1. The van der Waals surface area contributed by atoms with Crippen LogP contribution in [0.15, 0.2) is 0 Å². The molecule has 2 atom stereocenters. The van der Waals surface area contributed by atoms with Crippen LogP contribution in [0.25, 0.3) is 0 Å². The summed E-state index contributed by atoms with van der Waals surface area (Å²) in [5.41, 5.74) is 0. The first kappa shape index (κ1) is 8.06. The lowest BCUT2D eigenvalue weighted by Crippen LogP contribution is -2.37. The third kappa shape index (κ3) is 2.30. The second-order valence-electron chi connectivity index (χ2n) is 3.57. The van der Waals surface area contributed by atoms with Gasteiger partial charge in [0.2, 0.25) is 0 Å². The molecule has 1 rings (SSSR count). The summed E-state index contributed by atoms with van der Waals surface area (Å²) in [4.78, 5) is 0. The van der Waals surface area contributed by atoms with Gasteiger partial charge in [0, 0.05) is 6.04 Å². The lowest BCUT2D eigenvalue weighted by molar-refractivity contribution is 0.306. The Morgan fingerprint density at radius 1 is 1.50 bits per heavy atom. The van der Waals surface area contributed by atoms with Gasteiger partial charge in [0.1, 0.15) is 0 Å². The van der Waals surface area contributed by atoms with Gasteiger partial charge in [-0.05, 0) is 31.7 Å². The van der Waals surface area contributed by atoms with Gasteiger partial charge < -0.3 is 5.32 Å². The second-order valence-corrected chi connectivity index (χ2v) is 3.57. The van der Waals surface area contributed by atoms with Crippen LogP contribution < -0.4 is 5.32 Å². The molecule has 60 valence electrons. The summed E-state index contributed by atoms with van der Waals surface area (Å²) in [5, 5.41) is 3.55. The first-order valence-corrected chi connectivity index (χ1v) is 4.56. The molecular formula is C9H19N. The molecule has 0 amide bonds. The molecule has 1 aliphatic rings. The number of rotatable bonds is 2. The van der Waals surface area contributed by atoms with E-state index in [9.17, 15) is 0 Å². The molecular weight excluding hydrogens is 122 g/mol. The van der Waals surface area contributed by atoms with E-state index in [2.05, 4.69) is 19.2 Å². The maximum Gasteiger partial charge on any atom is 0.00695 e. The van der Waals surface area contributed by atoms with Crippen molar-refractivity contribution in [3.63, 3.8) is 0 Å². The zero-order chi connectivity index (χ0) is 7.40. The first-order chi connectivity index (χ1) is 4.83. The van der Waals surface area contributed by atoms with Gasteiger partial charge in [0.15, 0.2) is 0 Å². The fourth-order valence-electron chi connectivity index (χ4n) is 1.79. The Kier molecular flexibility index (Phi) is 3.20. The van der Waals surface area contributed by atoms with Crippen LogP contribution in [0.2, 0.25) is 0 Å². The highest BCUT2D eigenvalue weighted by Crippen LogP contribution is 2.17. The minimum atomic E-state index is 0.828. The molecule has 0 aromatic heterocycles. The van der Waals surface area contributed by atoms with E-state index in [1.165, 1.54) is 32.2 Å². The molecule has 1 aliphatic heterocycles. The predicted molar refractivity (Wildman–Crippen MR) is 45.1 cm³/mol. The van der Waals surface area contributed by atoms with Crippen LogP contribution in [-0.2, 0) is 0 Å². The molecule has 1 heterocycles. The predicted octanol–water partition coefficient (Wildman–Crippen LogP) is 2.17. The lowest BCUT2D eigenvalue weighted by atomic mass is 9.92. The van der Waals surface area contributed by atoms with Crippen molar-refractivity contribution in [2.24, 2.45) is 5.92 Å². The third-order valence-electron chi connectivity index (χ3n) is 2.39. The molecule has 0 unspecified atom stereocenters. The molecule has 0 aromatic rings. The molecule has 1 heteroatoms. The van der Waals surface area contributed by atoms with Crippen LogP contribution in [-0.4, -0.2) is 12.6 Å². The molecule has 0 saturated carbocycles.